The van der Waals surface area contributed by atoms with Crippen molar-refractivity contribution in [3.63, 3.8) is 0 Å². The second kappa shape index (κ2) is 9.49. The summed E-state index contributed by atoms with van der Waals surface area (Å²) >= 11 is 0. The monoisotopic (exact) mass is 215 g/mol. The number of ether oxygens (including phenoxy) is 2. The molecular weight excluding hydrogens is 196 g/mol. The van der Waals surface area contributed by atoms with Gasteiger partial charge in [0.1, 0.15) is 0 Å². The Balaban J connectivity index is 3.24. The first-order valence-corrected chi connectivity index (χ1v) is 5.31. The maximum Gasteiger partial charge on any atom is 0.305 e. The first-order valence-electron chi connectivity index (χ1n) is 5.31. The van der Waals surface area contributed by atoms with Gasteiger partial charge >= 0.3 is 11.9 Å². The summed E-state index contributed by atoms with van der Waals surface area (Å²) in [7, 11) is 0. The van der Waals surface area contributed by atoms with Crippen LogP contribution in [0.25, 0.3) is 0 Å². The molecule has 1 radical (unpaired) electrons. The smallest absolute Gasteiger partial charge is 0.305 e. The normalized spacial score (nSPS) is 9.73. The van der Waals surface area contributed by atoms with E-state index in [2.05, 4.69) is 6.92 Å². The number of unbranched alkanes of at least 4 members (excludes halogenated alkanes) is 1. The first-order chi connectivity index (χ1) is 7.20. The molecule has 4 nitrogen and oxygen atoms in total. The fourth-order valence-electron chi connectivity index (χ4n) is 1.01. The van der Waals surface area contributed by atoms with Gasteiger partial charge in [0, 0.05) is 12.8 Å². The lowest BCUT2D eigenvalue weighted by atomic mass is 10.2. The number of rotatable bonds is 8. The molecule has 0 saturated heterocycles. The standard InChI is InChI=1S/C11H19O4/c1-3-7-10(12)15-9-6-5-8-11(13)14-4-2/h1,3-9H2,2H3. The maximum absolute atomic E-state index is 10.9. The van der Waals surface area contributed by atoms with Gasteiger partial charge in [0.05, 0.1) is 13.2 Å². The summed E-state index contributed by atoms with van der Waals surface area (Å²) in [4.78, 5) is 21.8. The van der Waals surface area contributed by atoms with E-state index in [-0.39, 0.29) is 11.9 Å². The van der Waals surface area contributed by atoms with Crippen molar-refractivity contribution in [1.82, 2.24) is 0 Å². The molecular formula is C11H19O4. The second-order valence-corrected chi connectivity index (χ2v) is 3.09. The van der Waals surface area contributed by atoms with Crippen LogP contribution >= 0.6 is 0 Å². The van der Waals surface area contributed by atoms with Crippen LogP contribution in [-0.2, 0) is 19.1 Å². The molecule has 4 heteroatoms. The average molecular weight is 215 g/mol. The molecule has 0 spiro atoms. The van der Waals surface area contributed by atoms with Crippen LogP contribution in [0.3, 0.4) is 0 Å². The van der Waals surface area contributed by atoms with Crippen LogP contribution in [0.15, 0.2) is 0 Å². The number of esters is 2. The van der Waals surface area contributed by atoms with Crippen LogP contribution in [0.4, 0.5) is 0 Å². The van der Waals surface area contributed by atoms with Gasteiger partial charge in [-0.2, -0.15) is 0 Å². The number of hydrogen-bond donors (Lipinski definition) is 0. The molecule has 0 aromatic rings. The van der Waals surface area contributed by atoms with E-state index < -0.39 is 0 Å². The van der Waals surface area contributed by atoms with Crippen molar-refractivity contribution in [3.05, 3.63) is 6.92 Å². The molecule has 0 aliphatic heterocycles. The topological polar surface area (TPSA) is 52.6 Å². The Morgan fingerprint density at radius 3 is 2.33 bits per heavy atom. The lowest BCUT2D eigenvalue weighted by Crippen LogP contribution is -2.07. The van der Waals surface area contributed by atoms with Crippen LogP contribution < -0.4 is 0 Å². The second-order valence-electron chi connectivity index (χ2n) is 3.09. The third kappa shape index (κ3) is 9.25. The van der Waals surface area contributed by atoms with E-state index in [0.29, 0.717) is 45.3 Å². The predicted molar refractivity (Wildman–Crippen MR) is 56.0 cm³/mol. The van der Waals surface area contributed by atoms with Crippen molar-refractivity contribution in [3.8, 4) is 0 Å². The molecule has 15 heavy (non-hydrogen) atoms. The van der Waals surface area contributed by atoms with Crippen LogP contribution in [0.5, 0.6) is 0 Å². The van der Waals surface area contributed by atoms with Gasteiger partial charge in [-0.05, 0) is 26.2 Å². The molecule has 0 bridgehead atoms. The van der Waals surface area contributed by atoms with E-state index in [1.807, 2.05) is 0 Å². The third-order valence-electron chi connectivity index (χ3n) is 1.72. The summed E-state index contributed by atoms with van der Waals surface area (Å²) in [6.45, 7) is 6.12. The van der Waals surface area contributed by atoms with Gasteiger partial charge in [0.25, 0.3) is 0 Å². The average Bonchev–Trinajstić information content (AvgIpc) is 2.18. The summed E-state index contributed by atoms with van der Waals surface area (Å²) < 4.78 is 9.65. The highest BCUT2D eigenvalue weighted by molar-refractivity contribution is 5.69. The Labute approximate surface area is 90.9 Å². The van der Waals surface area contributed by atoms with Crippen molar-refractivity contribution in [1.29, 1.82) is 0 Å². The molecule has 0 aliphatic carbocycles. The summed E-state index contributed by atoms with van der Waals surface area (Å²) in [6.07, 6.45) is 2.69. The molecule has 0 aliphatic rings. The Hall–Kier alpha value is -1.06. The molecule has 0 aromatic heterocycles. The van der Waals surface area contributed by atoms with Crippen molar-refractivity contribution in [2.45, 2.75) is 39.0 Å². The number of carbonyl (C=O) groups excluding carboxylic acids is 2. The first kappa shape index (κ1) is 13.9. The molecule has 0 atom stereocenters. The van der Waals surface area contributed by atoms with Crippen molar-refractivity contribution < 1.29 is 19.1 Å². The zero-order valence-electron chi connectivity index (χ0n) is 9.29. The van der Waals surface area contributed by atoms with Crippen molar-refractivity contribution in [2.24, 2.45) is 0 Å². The lowest BCUT2D eigenvalue weighted by Gasteiger charge is -2.03. The molecule has 87 valence electrons. The Morgan fingerprint density at radius 1 is 1.07 bits per heavy atom. The SMILES string of the molecule is [CH2]CCC(=O)OCCCCC(=O)OCC. The molecule has 0 fully saturated rings. The summed E-state index contributed by atoms with van der Waals surface area (Å²) in [5.74, 6) is -0.414. The van der Waals surface area contributed by atoms with Crippen LogP contribution in [-0.4, -0.2) is 25.2 Å². The fourth-order valence-corrected chi connectivity index (χ4v) is 1.01. The number of hydrogen-bond acceptors (Lipinski definition) is 4. The maximum atomic E-state index is 10.9. The van der Waals surface area contributed by atoms with Gasteiger partial charge in [-0.15, -0.1) is 0 Å². The van der Waals surface area contributed by atoms with Gasteiger partial charge < -0.3 is 9.47 Å². The quantitative estimate of drug-likeness (QED) is 0.458. The predicted octanol–water partition coefficient (Wildman–Crippen LogP) is 1.88. The van der Waals surface area contributed by atoms with Crippen molar-refractivity contribution in [2.75, 3.05) is 13.2 Å². The van der Waals surface area contributed by atoms with E-state index in [1.165, 1.54) is 0 Å². The van der Waals surface area contributed by atoms with Gasteiger partial charge in [0.2, 0.25) is 0 Å². The van der Waals surface area contributed by atoms with Gasteiger partial charge in [-0.1, -0.05) is 6.92 Å². The van der Waals surface area contributed by atoms with Gasteiger partial charge in [-0.3, -0.25) is 9.59 Å². The lowest BCUT2D eigenvalue weighted by molar-refractivity contribution is -0.143. The zero-order valence-corrected chi connectivity index (χ0v) is 9.29. The zero-order chi connectivity index (χ0) is 11.5. The largest absolute Gasteiger partial charge is 0.466 e. The van der Waals surface area contributed by atoms with Crippen molar-refractivity contribution >= 4 is 11.9 Å². The van der Waals surface area contributed by atoms with E-state index in [1.54, 1.807) is 6.92 Å². The van der Waals surface area contributed by atoms with E-state index >= 15 is 0 Å². The molecule has 0 amide bonds. The summed E-state index contributed by atoms with van der Waals surface area (Å²) in [5.41, 5.74) is 0. The van der Waals surface area contributed by atoms with Crippen LogP contribution in [0.2, 0.25) is 0 Å². The minimum absolute atomic E-state index is 0.193. The highest BCUT2D eigenvalue weighted by atomic mass is 16.5. The molecule has 0 saturated carbocycles. The Bertz CT molecular complexity index is 169. The molecule has 0 unspecified atom stereocenters. The van der Waals surface area contributed by atoms with Crippen LogP contribution in [0, 0.1) is 6.92 Å². The van der Waals surface area contributed by atoms with E-state index in [4.69, 9.17) is 9.47 Å². The summed E-state index contributed by atoms with van der Waals surface area (Å²) in [5, 5.41) is 0. The van der Waals surface area contributed by atoms with Crippen LogP contribution in [0.1, 0.15) is 39.0 Å². The Kier molecular flexibility index (Phi) is 8.82. The summed E-state index contributed by atoms with van der Waals surface area (Å²) in [6, 6.07) is 0. The van der Waals surface area contributed by atoms with Gasteiger partial charge in [0.15, 0.2) is 0 Å². The number of carbonyl (C=O) groups is 2. The highest BCUT2D eigenvalue weighted by Gasteiger charge is 2.02. The third-order valence-corrected chi connectivity index (χ3v) is 1.72. The Morgan fingerprint density at radius 2 is 1.73 bits per heavy atom. The van der Waals surface area contributed by atoms with E-state index in [9.17, 15) is 9.59 Å². The molecule has 0 aromatic carbocycles. The molecule has 0 heterocycles. The fraction of sp³-hybridized carbons (Fsp3) is 0.727. The van der Waals surface area contributed by atoms with E-state index in [0.717, 1.165) is 0 Å². The highest BCUT2D eigenvalue weighted by Crippen LogP contribution is 1.99. The van der Waals surface area contributed by atoms with Gasteiger partial charge in [-0.25, -0.2) is 0 Å². The minimum atomic E-state index is -0.221. The minimum Gasteiger partial charge on any atom is -0.466 e. The molecule has 0 rings (SSSR count). The molecule has 0 N–H and O–H groups in total.